The molecule has 1 atom stereocenters. The number of nitrogens with zero attached hydrogens (tertiary/aromatic N) is 1. The zero-order valence-electron chi connectivity index (χ0n) is 11.1. The molecule has 0 aromatic heterocycles. The molecule has 0 aliphatic carbocycles. The molecule has 1 heterocycles. The van der Waals surface area contributed by atoms with Crippen molar-refractivity contribution in [3.8, 4) is 0 Å². The van der Waals surface area contributed by atoms with Crippen LogP contribution in [0.1, 0.15) is 6.92 Å². The number of amides is 1. The standard InChI is InChI=1S/C12H13ClN2O5S/c1-8(16)20-12-6-14-11(17)7-15(12)21(18,19)10-4-2-3-9(13)5-10/h2-5,12H,6-7H2,1H3,(H,14,17). The summed E-state index contributed by atoms with van der Waals surface area (Å²) < 4.78 is 30.9. The molecule has 9 heteroatoms. The van der Waals surface area contributed by atoms with Crippen molar-refractivity contribution in [1.82, 2.24) is 9.62 Å². The lowest BCUT2D eigenvalue weighted by atomic mass is 10.4. The van der Waals surface area contributed by atoms with Crippen LogP contribution in [0.25, 0.3) is 0 Å². The summed E-state index contributed by atoms with van der Waals surface area (Å²) in [4.78, 5) is 22.5. The maximum atomic E-state index is 12.6. The van der Waals surface area contributed by atoms with Crippen LogP contribution < -0.4 is 5.32 Å². The predicted molar refractivity (Wildman–Crippen MR) is 73.9 cm³/mol. The molecule has 0 spiro atoms. The van der Waals surface area contributed by atoms with E-state index in [0.29, 0.717) is 0 Å². The van der Waals surface area contributed by atoms with Gasteiger partial charge in [-0.05, 0) is 18.2 Å². The first-order chi connectivity index (χ1) is 9.80. The Bertz CT molecular complexity index is 676. The molecule has 114 valence electrons. The number of hydrogen-bond acceptors (Lipinski definition) is 5. The van der Waals surface area contributed by atoms with Gasteiger partial charge in [0.05, 0.1) is 18.0 Å². The van der Waals surface area contributed by atoms with Gasteiger partial charge in [-0.25, -0.2) is 8.42 Å². The molecular weight excluding hydrogens is 320 g/mol. The minimum Gasteiger partial charge on any atom is -0.444 e. The Labute approximate surface area is 126 Å². The summed E-state index contributed by atoms with van der Waals surface area (Å²) in [5.41, 5.74) is 0. The van der Waals surface area contributed by atoms with Gasteiger partial charge >= 0.3 is 5.97 Å². The topological polar surface area (TPSA) is 92.8 Å². The van der Waals surface area contributed by atoms with E-state index in [1.165, 1.54) is 31.2 Å². The monoisotopic (exact) mass is 332 g/mol. The van der Waals surface area contributed by atoms with Crippen LogP contribution in [-0.2, 0) is 24.3 Å². The number of carbonyl (C=O) groups excluding carboxylic acids is 2. The summed E-state index contributed by atoms with van der Waals surface area (Å²) in [6.45, 7) is 0.644. The van der Waals surface area contributed by atoms with Gasteiger partial charge in [-0.1, -0.05) is 17.7 Å². The van der Waals surface area contributed by atoms with Crippen LogP contribution in [0.2, 0.25) is 5.02 Å². The summed E-state index contributed by atoms with van der Waals surface area (Å²) in [7, 11) is -4.00. The first-order valence-electron chi connectivity index (χ1n) is 6.02. The molecule has 0 radical (unpaired) electrons. The Hall–Kier alpha value is -1.64. The molecule has 1 unspecified atom stereocenters. The van der Waals surface area contributed by atoms with Crippen molar-refractivity contribution in [1.29, 1.82) is 0 Å². The van der Waals surface area contributed by atoms with Gasteiger partial charge in [0, 0.05) is 11.9 Å². The van der Waals surface area contributed by atoms with Crippen molar-refractivity contribution in [2.24, 2.45) is 0 Å². The van der Waals surface area contributed by atoms with Gasteiger partial charge in [0.1, 0.15) is 0 Å². The third-order valence-electron chi connectivity index (χ3n) is 2.80. The summed E-state index contributed by atoms with van der Waals surface area (Å²) in [5, 5.41) is 2.71. The molecule has 1 aromatic carbocycles. The van der Waals surface area contributed by atoms with E-state index >= 15 is 0 Å². The lowest BCUT2D eigenvalue weighted by Gasteiger charge is -2.33. The predicted octanol–water partition coefficient (Wildman–Crippen LogP) is 0.350. The van der Waals surface area contributed by atoms with Crippen molar-refractivity contribution in [2.45, 2.75) is 18.0 Å². The van der Waals surface area contributed by atoms with Crippen molar-refractivity contribution in [3.05, 3.63) is 29.3 Å². The van der Waals surface area contributed by atoms with E-state index in [-0.39, 0.29) is 16.5 Å². The SMILES string of the molecule is CC(=O)OC1CNC(=O)CN1S(=O)(=O)c1cccc(Cl)c1. The maximum Gasteiger partial charge on any atom is 0.304 e. The minimum absolute atomic E-state index is 0.0677. The summed E-state index contributed by atoms with van der Waals surface area (Å²) in [6, 6.07) is 5.65. The molecule has 7 nitrogen and oxygen atoms in total. The maximum absolute atomic E-state index is 12.6. The molecule has 1 aromatic rings. The van der Waals surface area contributed by atoms with Crippen LogP contribution in [0, 0.1) is 0 Å². The van der Waals surface area contributed by atoms with Crippen LogP contribution in [0.3, 0.4) is 0 Å². The van der Waals surface area contributed by atoms with Crippen LogP contribution >= 0.6 is 11.6 Å². The van der Waals surface area contributed by atoms with Crippen molar-refractivity contribution < 1.29 is 22.7 Å². The number of halogens is 1. The zero-order chi connectivity index (χ0) is 15.6. The van der Waals surface area contributed by atoms with E-state index in [1.807, 2.05) is 0 Å². The normalized spacial score (nSPS) is 19.9. The van der Waals surface area contributed by atoms with E-state index in [9.17, 15) is 18.0 Å². The van der Waals surface area contributed by atoms with Gasteiger partial charge in [-0.15, -0.1) is 4.31 Å². The number of benzene rings is 1. The largest absolute Gasteiger partial charge is 0.444 e. The highest BCUT2D eigenvalue weighted by atomic mass is 35.5. The molecule has 1 saturated heterocycles. The molecule has 1 N–H and O–H groups in total. The van der Waals surface area contributed by atoms with Gasteiger partial charge in [-0.2, -0.15) is 0 Å². The number of sulfonamides is 1. The van der Waals surface area contributed by atoms with Crippen LogP contribution in [0.4, 0.5) is 0 Å². The zero-order valence-corrected chi connectivity index (χ0v) is 12.6. The Morgan fingerprint density at radius 2 is 2.19 bits per heavy atom. The number of rotatable bonds is 3. The average molecular weight is 333 g/mol. The van der Waals surface area contributed by atoms with Crippen molar-refractivity contribution >= 4 is 33.5 Å². The van der Waals surface area contributed by atoms with Gasteiger partial charge in [0.2, 0.25) is 15.9 Å². The van der Waals surface area contributed by atoms with E-state index in [2.05, 4.69) is 5.32 Å². The minimum atomic E-state index is -4.00. The van der Waals surface area contributed by atoms with Gasteiger partial charge in [0.25, 0.3) is 0 Å². The second kappa shape index (κ2) is 6.00. The third kappa shape index (κ3) is 3.52. The molecule has 0 bridgehead atoms. The highest BCUT2D eigenvalue weighted by Crippen LogP contribution is 2.22. The molecule has 1 aliphatic rings. The van der Waals surface area contributed by atoms with Gasteiger partial charge in [-0.3, -0.25) is 9.59 Å². The number of piperazine rings is 1. The Balaban J connectivity index is 2.38. The fourth-order valence-corrected chi connectivity index (χ4v) is 3.66. The Morgan fingerprint density at radius 1 is 1.48 bits per heavy atom. The van der Waals surface area contributed by atoms with Crippen molar-refractivity contribution in [2.75, 3.05) is 13.1 Å². The Morgan fingerprint density at radius 3 is 2.81 bits per heavy atom. The van der Waals surface area contributed by atoms with Gasteiger partial charge in [0.15, 0.2) is 6.23 Å². The summed E-state index contributed by atoms with van der Waals surface area (Å²) in [5.74, 6) is -1.11. The first kappa shape index (κ1) is 15.7. The van der Waals surface area contributed by atoms with E-state index in [1.54, 1.807) is 0 Å². The fraction of sp³-hybridized carbons (Fsp3) is 0.333. The first-order valence-corrected chi connectivity index (χ1v) is 7.84. The number of ether oxygens (including phenoxy) is 1. The van der Waals surface area contributed by atoms with Crippen molar-refractivity contribution in [3.63, 3.8) is 0 Å². The molecule has 21 heavy (non-hydrogen) atoms. The third-order valence-corrected chi connectivity index (χ3v) is 4.87. The fourth-order valence-electron chi connectivity index (χ4n) is 1.90. The molecule has 2 rings (SSSR count). The van der Waals surface area contributed by atoms with Gasteiger partial charge < -0.3 is 10.1 Å². The lowest BCUT2D eigenvalue weighted by Crippen LogP contribution is -2.57. The summed E-state index contributed by atoms with van der Waals surface area (Å²) in [6.07, 6.45) is -1.08. The number of hydrogen-bond donors (Lipinski definition) is 1. The smallest absolute Gasteiger partial charge is 0.304 e. The number of esters is 1. The van der Waals surface area contributed by atoms with Crippen LogP contribution in [-0.4, -0.2) is 43.9 Å². The quantitative estimate of drug-likeness (QED) is 0.806. The average Bonchev–Trinajstić information content (AvgIpc) is 2.40. The van der Waals surface area contributed by atoms with Crippen LogP contribution in [0.15, 0.2) is 29.2 Å². The van der Waals surface area contributed by atoms with Crippen LogP contribution in [0.5, 0.6) is 0 Å². The van der Waals surface area contributed by atoms with E-state index < -0.39 is 34.7 Å². The molecular formula is C12H13ClN2O5S. The second-order valence-corrected chi connectivity index (χ2v) is 6.70. The van der Waals surface area contributed by atoms with E-state index in [4.69, 9.17) is 16.3 Å². The van der Waals surface area contributed by atoms with E-state index in [0.717, 1.165) is 4.31 Å². The molecule has 1 aliphatic heterocycles. The second-order valence-electron chi connectivity index (χ2n) is 4.38. The molecule has 1 amide bonds. The lowest BCUT2D eigenvalue weighted by molar-refractivity contribution is -0.156. The highest BCUT2D eigenvalue weighted by molar-refractivity contribution is 7.89. The molecule has 0 saturated carbocycles. The Kier molecular flexibility index (Phi) is 4.50. The molecule has 1 fully saturated rings. The number of nitrogens with one attached hydrogen (secondary N) is 1. The number of carbonyl (C=O) groups is 2. The highest BCUT2D eigenvalue weighted by Gasteiger charge is 2.38. The summed E-state index contributed by atoms with van der Waals surface area (Å²) >= 11 is 5.79.